The Bertz CT molecular complexity index is 1360. The molecule has 0 aliphatic heterocycles. The molecule has 4 aliphatic carbocycles. The van der Waals surface area contributed by atoms with Gasteiger partial charge in [0, 0.05) is 23.0 Å². The predicted octanol–water partition coefficient (Wildman–Crippen LogP) is 2.92. The van der Waals surface area contributed by atoms with Gasteiger partial charge < -0.3 is 30.4 Å². The predicted molar refractivity (Wildman–Crippen MR) is 142 cm³/mol. The Balaban J connectivity index is 1.38. The second-order valence-corrected chi connectivity index (χ2v) is 11.9. The third-order valence-corrected chi connectivity index (χ3v) is 9.67. The van der Waals surface area contributed by atoms with Crippen LogP contribution < -0.4 is 0 Å². The lowest BCUT2D eigenvalue weighted by Crippen LogP contribution is -2.58. The fourth-order valence-electron chi connectivity index (χ4n) is 7.62. The van der Waals surface area contributed by atoms with E-state index >= 15 is 0 Å². The highest BCUT2D eigenvalue weighted by Gasteiger charge is 2.53. The van der Waals surface area contributed by atoms with Gasteiger partial charge in [-0.15, -0.1) is 0 Å². The fourth-order valence-corrected chi connectivity index (χ4v) is 7.62. The maximum Gasteiger partial charge on any atom is 0.218 e. The Morgan fingerprint density at radius 3 is 2.62 bits per heavy atom. The van der Waals surface area contributed by atoms with E-state index in [4.69, 9.17) is 0 Å². The molecule has 5 N–H and O–H groups in total. The van der Waals surface area contributed by atoms with Crippen molar-refractivity contribution in [1.82, 2.24) is 9.88 Å². The van der Waals surface area contributed by atoms with Crippen molar-refractivity contribution < 1.29 is 25.5 Å². The summed E-state index contributed by atoms with van der Waals surface area (Å²) in [6.07, 6.45) is 5.43. The molecule has 1 aromatic heterocycles. The Labute approximate surface area is 217 Å². The molecule has 2 aromatic rings. The molecule has 1 heterocycles. The molecule has 0 radical (unpaired) electrons. The van der Waals surface area contributed by atoms with Gasteiger partial charge in [0.25, 0.3) is 0 Å². The molecule has 6 rings (SSSR count). The van der Waals surface area contributed by atoms with Crippen molar-refractivity contribution in [2.45, 2.75) is 69.0 Å². The van der Waals surface area contributed by atoms with Crippen LogP contribution in [0.2, 0.25) is 0 Å². The number of aliphatic hydroxyl groups excluding tert-OH is 3. The van der Waals surface area contributed by atoms with Gasteiger partial charge in [-0.3, -0.25) is 0 Å². The second kappa shape index (κ2) is 8.48. The average Bonchev–Trinajstić information content (AvgIpc) is 3.10. The van der Waals surface area contributed by atoms with Crippen molar-refractivity contribution in [1.29, 1.82) is 0 Å². The quantitative estimate of drug-likeness (QED) is 0.427. The lowest BCUT2D eigenvalue weighted by atomic mass is 9.61. The van der Waals surface area contributed by atoms with Gasteiger partial charge in [0.2, 0.25) is 5.88 Å². The monoisotopic (exact) mass is 504 g/mol. The molecule has 196 valence electrons. The molecule has 1 saturated carbocycles. The van der Waals surface area contributed by atoms with Gasteiger partial charge in [0.15, 0.2) is 0 Å². The number of aromatic hydroxyl groups is 1. The zero-order valence-corrected chi connectivity index (χ0v) is 21.6. The number of aromatic nitrogens is 1. The van der Waals surface area contributed by atoms with E-state index in [0.717, 1.165) is 34.1 Å². The Morgan fingerprint density at radius 1 is 1.08 bits per heavy atom. The topological polar surface area (TPSA) is 117 Å². The molecular formula is C30H36N2O5. The van der Waals surface area contributed by atoms with E-state index < -0.39 is 23.9 Å². The lowest BCUT2D eigenvalue weighted by Gasteiger charge is -2.46. The minimum atomic E-state index is -1.24. The van der Waals surface area contributed by atoms with Crippen molar-refractivity contribution in [3.05, 3.63) is 64.9 Å². The van der Waals surface area contributed by atoms with Crippen LogP contribution >= 0.6 is 0 Å². The van der Waals surface area contributed by atoms with E-state index in [1.807, 2.05) is 37.2 Å². The first-order valence-electron chi connectivity index (χ1n) is 13.2. The number of allylic oxidation sites excluding steroid dienone is 3. The van der Waals surface area contributed by atoms with Crippen LogP contribution in [-0.2, 0) is 0 Å². The summed E-state index contributed by atoms with van der Waals surface area (Å²) in [5, 5.41) is 57.1. The van der Waals surface area contributed by atoms with Gasteiger partial charge in [-0.1, -0.05) is 36.8 Å². The number of nitrogens with zero attached hydrogens (tertiary/aromatic N) is 2. The van der Waals surface area contributed by atoms with Crippen LogP contribution in [0.25, 0.3) is 16.3 Å². The number of pyridine rings is 1. The molecule has 0 saturated heterocycles. The third kappa shape index (κ3) is 3.63. The van der Waals surface area contributed by atoms with Crippen LogP contribution in [0.3, 0.4) is 0 Å². The highest BCUT2D eigenvalue weighted by atomic mass is 16.3. The number of likely N-dealkylation sites (N-methyl/N-ethyl adjacent to an activating group) is 1. The lowest BCUT2D eigenvalue weighted by molar-refractivity contribution is -0.0922. The Kier molecular flexibility index (Phi) is 5.68. The number of benzene rings is 1. The number of rotatable bonds is 2. The van der Waals surface area contributed by atoms with Gasteiger partial charge in [0.1, 0.15) is 6.10 Å². The van der Waals surface area contributed by atoms with E-state index in [1.54, 1.807) is 12.3 Å². The van der Waals surface area contributed by atoms with Crippen LogP contribution in [0.15, 0.2) is 59.3 Å². The first-order chi connectivity index (χ1) is 17.5. The van der Waals surface area contributed by atoms with Gasteiger partial charge in [0.05, 0.1) is 17.8 Å². The molecule has 1 fully saturated rings. The van der Waals surface area contributed by atoms with E-state index in [2.05, 4.69) is 24.1 Å². The van der Waals surface area contributed by atoms with Crippen molar-refractivity contribution in [3.63, 3.8) is 0 Å². The molecule has 7 atom stereocenters. The van der Waals surface area contributed by atoms with Crippen LogP contribution in [0.5, 0.6) is 5.88 Å². The second-order valence-electron chi connectivity index (χ2n) is 11.9. The fraction of sp³-hybridized carbons (Fsp3) is 0.500. The highest BCUT2D eigenvalue weighted by molar-refractivity contribution is 5.90. The van der Waals surface area contributed by atoms with Crippen molar-refractivity contribution >= 4 is 16.3 Å². The summed E-state index contributed by atoms with van der Waals surface area (Å²) in [4.78, 5) is 5.89. The SMILES string of the molecule is CN(C)[C@H]1C[C@]2(O)CCC3=C(C=C2[C@@H](O)[C@@H]1O)C(O)C[C@]1(C)C(c2ccc4ccnc(O)c4c2)=CCC31. The minimum absolute atomic E-state index is 0.0105. The van der Waals surface area contributed by atoms with Gasteiger partial charge in [-0.05, 0) is 91.9 Å². The van der Waals surface area contributed by atoms with Crippen LogP contribution in [0.1, 0.15) is 44.6 Å². The number of aliphatic hydroxyl groups is 4. The average molecular weight is 505 g/mol. The summed E-state index contributed by atoms with van der Waals surface area (Å²) in [6.45, 7) is 2.21. The Hall–Kier alpha value is -2.55. The highest BCUT2D eigenvalue weighted by Crippen LogP contribution is 2.60. The number of hydrogen-bond donors (Lipinski definition) is 5. The van der Waals surface area contributed by atoms with Crippen molar-refractivity contribution in [2.75, 3.05) is 14.1 Å². The summed E-state index contributed by atoms with van der Waals surface area (Å²) in [6, 6.07) is 7.57. The van der Waals surface area contributed by atoms with Crippen LogP contribution in [0, 0.1) is 11.3 Å². The van der Waals surface area contributed by atoms with E-state index in [-0.39, 0.29) is 23.3 Å². The maximum atomic E-state index is 11.8. The van der Waals surface area contributed by atoms with Crippen molar-refractivity contribution in [3.8, 4) is 5.88 Å². The van der Waals surface area contributed by atoms with Crippen LogP contribution in [0.4, 0.5) is 0 Å². The summed E-state index contributed by atoms with van der Waals surface area (Å²) in [5.74, 6) is 0.169. The van der Waals surface area contributed by atoms with Gasteiger partial charge >= 0.3 is 0 Å². The molecular weight excluding hydrogens is 468 g/mol. The van der Waals surface area contributed by atoms with E-state index in [9.17, 15) is 25.5 Å². The van der Waals surface area contributed by atoms with Gasteiger partial charge in [-0.2, -0.15) is 0 Å². The smallest absolute Gasteiger partial charge is 0.218 e. The molecule has 0 amide bonds. The van der Waals surface area contributed by atoms with Crippen LogP contribution in [-0.4, -0.2) is 79.5 Å². The van der Waals surface area contributed by atoms with E-state index in [0.29, 0.717) is 36.6 Å². The zero-order chi connectivity index (χ0) is 26.3. The molecule has 2 unspecified atom stereocenters. The summed E-state index contributed by atoms with van der Waals surface area (Å²) < 4.78 is 0. The minimum Gasteiger partial charge on any atom is -0.493 e. The summed E-state index contributed by atoms with van der Waals surface area (Å²) >= 11 is 0. The molecule has 0 bridgehead atoms. The molecule has 1 aromatic carbocycles. The normalized spacial score (nSPS) is 37.6. The first-order valence-corrected chi connectivity index (χ1v) is 13.2. The van der Waals surface area contributed by atoms with Crippen molar-refractivity contribution in [2.24, 2.45) is 11.3 Å². The largest absolute Gasteiger partial charge is 0.493 e. The van der Waals surface area contributed by atoms with Gasteiger partial charge in [-0.25, -0.2) is 4.98 Å². The summed E-state index contributed by atoms with van der Waals surface area (Å²) in [5.41, 5.74) is 2.97. The first kappa shape index (κ1) is 24.8. The van der Waals surface area contributed by atoms with E-state index in [1.165, 1.54) is 0 Å². The third-order valence-electron chi connectivity index (χ3n) is 9.67. The maximum absolute atomic E-state index is 11.8. The summed E-state index contributed by atoms with van der Waals surface area (Å²) in [7, 11) is 3.70. The molecule has 7 heteroatoms. The number of hydrogen-bond acceptors (Lipinski definition) is 7. The molecule has 7 nitrogen and oxygen atoms in total. The molecule has 0 spiro atoms. The molecule has 4 aliphatic rings. The molecule has 37 heavy (non-hydrogen) atoms. The number of fused-ring (bicyclic) bond motifs is 4. The Morgan fingerprint density at radius 2 is 1.86 bits per heavy atom. The standard InChI is InChI=1S/C30H36N2O5/c1-29-15-25(33)20-13-23-26(34)27(35)24(32(2)3)14-30(23,37)10-8-18(20)22(29)7-6-21(29)17-5-4-16-9-11-31-28(36)19(16)12-17/h4-6,9,11-13,22,24-27,33-35,37H,7-8,10,14-15H2,1-3H3,(H,31,36)/t22?,24-,25?,26+,27+,29+,30+/m0/s1. The zero-order valence-electron chi connectivity index (χ0n) is 21.6.